The molecule has 0 amide bonds. The number of benzene rings is 1. The molecule has 1 heterocycles. The lowest BCUT2D eigenvalue weighted by atomic mass is 10.0. The Labute approximate surface area is 92.2 Å². The van der Waals surface area contributed by atoms with Crippen LogP contribution in [0.3, 0.4) is 0 Å². The number of fused-ring (bicyclic) bond motifs is 1. The van der Waals surface area contributed by atoms with Crippen LogP contribution in [0.1, 0.15) is 31.4 Å². The Hall–Kier alpha value is -1.37. The van der Waals surface area contributed by atoms with Crippen molar-refractivity contribution in [1.29, 1.82) is 0 Å². The molecule has 1 aromatic carbocycles. The van der Waals surface area contributed by atoms with Crippen molar-refractivity contribution in [3.8, 4) is 0 Å². The second-order valence-electron chi connectivity index (χ2n) is 3.84. The molecule has 80 valence electrons. The average Bonchev–Trinajstić information content (AvgIpc) is 2.19. The van der Waals surface area contributed by atoms with Gasteiger partial charge in [-0.05, 0) is 30.4 Å². The summed E-state index contributed by atoms with van der Waals surface area (Å²) < 4.78 is 0. The van der Waals surface area contributed by atoms with Crippen molar-refractivity contribution in [2.24, 2.45) is 0 Å². The summed E-state index contributed by atoms with van der Waals surface area (Å²) in [5, 5.41) is 2.57. The molecular weight excluding hydrogens is 182 g/mol. The van der Waals surface area contributed by atoms with Crippen molar-refractivity contribution in [1.82, 2.24) is 4.98 Å². The molecule has 0 bridgehead atoms. The molecule has 0 spiro atoms. The minimum absolute atomic E-state index is 1.23. The molecule has 1 heteroatoms. The van der Waals surface area contributed by atoms with Gasteiger partial charge >= 0.3 is 0 Å². The third kappa shape index (κ3) is 2.79. The SMILES string of the molecule is CCC.Cc1cccc2cncc(C)c12. The molecule has 2 aromatic rings. The van der Waals surface area contributed by atoms with E-state index in [1.807, 2.05) is 12.4 Å². The highest BCUT2D eigenvalue weighted by atomic mass is 14.6. The normalized spacial score (nSPS) is 9.60. The average molecular weight is 201 g/mol. The van der Waals surface area contributed by atoms with Gasteiger partial charge in [0.25, 0.3) is 0 Å². The van der Waals surface area contributed by atoms with E-state index in [1.165, 1.54) is 28.3 Å². The molecule has 0 saturated carbocycles. The van der Waals surface area contributed by atoms with Crippen molar-refractivity contribution >= 4 is 10.8 Å². The molecule has 0 atom stereocenters. The van der Waals surface area contributed by atoms with E-state index in [9.17, 15) is 0 Å². The van der Waals surface area contributed by atoms with E-state index in [-0.39, 0.29) is 0 Å². The molecule has 0 saturated heterocycles. The van der Waals surface area contributed by atoms with E-state index >= 15 is 0 Å². The first-order valence-corrected chi connectivity index (χ1v) is 5.50. The van der Waals surface area contributed by atoms with Crippen molar-refractivity contribution in [3.05, 3.63) is 41.7 Å². The summed E-state index contributed by atoms with van der Waals surface area (Å²) in [7, 11) is 0. The summed E-state index contributed by atoms with van der Waals surface area (Å²) in [4.78, 5) is 4.15. The zero-order valence-electron chi connectivity index (χ0n) is 10.0. The van der Waals surface area contributed by atoms with E-state index in [0.717, 1.165) is 0 Å². The summed E-state index contributed by atoms with van der Waals surface area (Å²) >= 11 is 0. The van der Waals surface area contributed by atoms with Gasteiger partial charge in [0.1, 0.15) is 0 Å². The van der Waals surface area contributed by atoms with Crippen LogP contribution in [0.4, 0.5) is 0 Å². The van der Waals surface area contributed by atoms with Gasteiger partial charge in [0.2, 0.25) is 0 Å². The quantitative estimate of drug-likeness (QED) is 0.620. The van der Waals surface area contributed by atoms with Gasteiger partial charge < -0.3 is 0 Å². The Balaban J connectivity index is 0.000000337. The molecule has 0 fully saturated rings. The van der Waals surface area contributed by atoms with Crippen LogP contribution in [0, 0.1) is 13.8 Å². The van der Waals surface area contributed by atoms with E-state index in [4.69, 9.17) is 0 Å². The first-order chi connectivity index (χ1) is 7.20. The third-order valence-electron chi connectivity index (χ3n) is 2.18. The summed E-state index contributed by atoms with van der Waals surface area (Å²) in [6, 6.07) is 6.30. The molecule has 2 rings (SSSR count). The fourth-order valence-electron chi connectivity index (χ4n) is 1.63. The largest absolute Gasteiger partial charge is 0.264 e. The molecule has 0 aliphatic rings. The van der Waals surface area contributed by atoms with Crippen LogP contribution in [0.5, 0.6) is 0 Å². The number of aryl methyl sites for hydroxylation is 2. The van der Waals surface area contributed by atoms with Crippen LogP contribution in [0.2, 0.25) is 0 Å². The van der Waals surface area contributed by atoms with Crippen LogP contribution in [0.15, 0.2) is 30.6 Å². The van der Waals surface area contributed by atoms with Gasteiger partial charge in [-0.25, -0.2) is 0 Å². The number of rotatable bonds is 0. The summed E-state index contributed by atoms with van der Waals surface area (Å²) in [5.74, 6) is 0. The number of nitrogens with zero attached hydrogens (tertiary/aromatic N) is 1. The molecular formula is C14H19N. The van der Waals surface area contributed by atoms with Crippen molar-refractivity contribution < 1.29 is 0 Å². The summed E-state index contributed by atoms with van der Waals surface area (Å²) in [6.07, 6.45) is 5.07. The van der Waals surface area contributed by atoms with Crippen LogP contribution >= 0.6 is 0 Å². The van der Waals surface area contributed by atoms with Gasteiger partial charge in [0, 0.05) is 17.8 Å². The maximum Gasteiger partial charge on any atom is 0.0346 e. The van der Waals surface area contributed by atoms with Crippen LogP contribution in [-0.4, -0.2) is 4.98 Å². The maximum atomic E-state index is 4.15. The van der Waals surface area contributed by atoms with Crippen molar-refractivity contribution in [3.63, 3.8) is 0 Å². The lowest BCUT2D eigenvalue weighted by Crippen LogP contribution is -1.83. The summed E-state index contributed by atoms with van der Waals surface area (Å²) in [6.45, 7) is 8.48. The Kier molecular flexibility index (Phi) is 4.29. The van der Waals surface area contributed by atoms with Crippen LogP contribution in [0.25, 0.3) is 10.8 Å². The number of aromatic nitrogens is 1. The summed E-state index contributed by atoms with van der Waals surface area (Å²) in [5.41, 5.74) is 2.58. The van der Waals surface area contributed by atoms with Crippen LogP contribution in [-0.2, 0) is 0 Å². The molecule has 0 radical (unpaired) electrons. The molecule has 1 nitrogen and oxygen atoms in total. The lowest BCUT2D eigenvalue weighted by Gasteiger charge is -2.03. The molecule has 1 aromatic heterocycles. The van der Waals surface area contributed by atoms with Gasteiger partial charge in [-0.15, -0.1) is 0 Å². The van der Waals surface area contributed by atoms with Gasteiger partial charge in [-0.3, -0.25) is 4.98 Å². The minimum atomic E-state index is 1.23. The zero-order valence-corrected chi connectivity index (χ0v) is 10.0. The molecule has 0 aliphatic heterocycles. The zero-order chi connectivity index (χ0) is 11.3. The van der Waals surface area contributed by atoms with Crippen molar-refractivity contribution in [2.75, 3.05) is 0 Å². The molecule has 0 unspecified atom stereocenters. The highest BCUT2D eigenvalue weighted by Gasteiger charge is 1.98. The van der Waals surface area contributed by atoms with E-state index in [1.54, 1.807) is 0 Å². The van der Waals surface area contributed by atoms with Gasteiger partial charge in [-0.2, -0.15) is 0 Å². The van der Waals surface area contributed by atoms with E-state index in [2.05, 4.69) is 50.9 Å². The Morgan fingerprint density at radius 3 is 2.27 bits per heavy atom. The molecule has 15 heavy (non-hydrogen) atoms. The fourth-order valence-corrected chi connectivity index (χ4v) is 1.63. The van der Waals surface area contributed by atoms with Gasteiger partial charge in [-0.1, -0.05) is 38.5 Å². The van der Waals surface area contributed by atoms with Crippen LogP contribution < -0.4 is 0 Å². The minimum Gasteiger partial charge on any atom is -0.264 e. The molecule has 0 N–H and O–H groups in total. The maximum absolute atomic E-state index is 4.15. The number of hydrogen-bond acceptors (Lipinski definition) is 1. The predicted octanol–water partition coefficient (Wildman–Crippen LogP) is 4.27. The second-order valence-corrected chi connectivity index (χ2v) is 3.84. The number of hydrogen-bond donors (Lipinski definition) is 0. The number of pyridine rings is 1. The highest BCUT2D eigenvalue weighted by Crippen LogP contribution is 2.19. The van der Waals surface area contributed by atoms with Crippen molar-refractivity contribution in [2.45, 2.75) is 34.1 Å². The molecule has 0 aliphatic carbocycles. The second kappa shape index (κ2) is 5.50. The van der Waals surface area contributed by atoms with E-state index < -0.39 is 0 Å². The lowest BCUT2D eigenvalue weighted by molar-refractivity contribution is 1.09. The first-order valence-electron chi connectivity index (χ1n) is 5.50. The van der Waals surface area contributed by atoms with E-state index in [0.29, 0.717) is 0 Å². The van der Waals surface area contributed by atoms with Gasteiger partial charge in [0.15, 0.2) is 0 Å². The fraction of sp³-hybridized carbons (Fsp3) is 0.357. The predicted molar refractivity (Wildman–Crippen MR) is 67.2 cm³/mol. The highest BCUT2D eigenvalue weighted by molar-refractivity contribution is 5.87. The standard InChI is InChI=1S/C11H11N.C3H8/c1-8-4-3-5-10-7-12-6-9(2)11(8)10;1-3-2/h3-7H,1-2H3;3H2,1-2H3. The Morgan fingerprint density at radius 1 is 1.00 bits per heavy atom. The topological polar surface area (TPSA) is 12.9 Å². The smallest absolute Gasteiger partial charge is 0.0346 e. The third-order valence-corrected chi connectivity index (χ3v) is 2.18. The first kappa shape index (κ1) is 11.7. The Bertz CT molecular complexity index is 396. The van der Waals surface area contributed by atoms with Gasteiger partial charge in [0.05, 0.1) is 0 Å². The Morgan fingerprint density at radius 2 is 1.67 bits per heavy atom. The monoisotopic (exact) mass is 201 g/mol.